The summed E-state index contributed by atoms with van der Waals surface area (Å²) in [5, 5.41) is 8.31. The fourth-order valence-electron chi connectivity index (χ4n) is 4.35. The molecule has 1 aliphatic heterocycles. The Balaban J connectivity index is 1.40. The minimum atomic E-state index is -0.556. The highest BCUT2D eigenvalue weighted by Gasteiger charge is 2.35. The highest BCUT2D eigenvalue weighted by Crippen LogP contribution is 2.37. The van der Waals surface area contributed by atoms with Crippen molar-refractivity contribution in [1.82, 2.24) is 14.8 Å². The number of benzene rings is 3. The topological polar surface area (TPSA) is 78.3 Å². The summed E-state index contributed by atoms with van der Waals surface area (Å²) in [5.41, 5.74) is 4.73. The third kappa shape index (κ3) is 5.43. The number of methoxy groups -OCH3 is 1. The summed E-state index contributed by atoms with van der Waals surface area (Å²) in [4.78, 5) is 17.4. The SMILES string of the molecule is COC(=O)C1=C(C)Nc2nc(SCc3ccccc3F)nn2C1c1ccc(OCc2cccc(C)c2)cc1. The average molecular weight is 531 g/mol. The molecule has 2 heterocycles. The van der Waals surface area contributed by atoms with E-state index in [4.69, 9.17) is 9.47 Å². The molecular formula is C29H27FN4O3S. The van der Waals surface area contributed by atoms with Gasteiger partial charge < -0.3 is 14.8 Å². The maximum atomic E-state index is 14.1. The minimum Gasteiger partial charge on any atom is -0.489 e. The lowest BCUT2D eigenvalue weighted by Crippen LogP contribution is -2.29. The first-order valence-electron chi connectivity index (χ1n) is 12.1. The normalized spacial score (nSPS) is 14.6. The Morgan fingerprint density at radius 1 is 1.08 bits per heavy atom. The largest absolute Gasteiger partial charge is 0.489 e. The number of rotatable bonds is 8. The molecule has 9 heteroatoms. The third-order valence-corrected chi connectivity index (χ3v) is 7.12. The van der Waals surface area contributed by atoms with Gasteiger partial charge in [-0.2, -0.15) is 4.98 Å². The Morgan fingerprint density at radius 2 is 1.87 bits per heavy atom. The van der Waals surface area contributed by atoms with Crippen LogP contribution in [0.4, 0.5) is 10.3 Å². The maximum Gasteiger partial charge on any atom is 0.338 e. The first-order chi connectivity index (χ1) is 18.4. The molecule has 0 aliphatic carbocycles. The van der Waals surface area contributed by atoms with E-state index in [-0.39, 0.29) is 5.82 Å². The van der Waals surface area contributed by atoms with Gasteiger partial charge in [0.2, 0.25) is 11.1 Å². The summed E-state index contributed by atoms with van der Waals surface area (Å²) in [7, 11) is 1.36. The molecule has 0 saturated heterocycles. The van der Waals surface area contributed by atoms with Gasteiger partial charge in [-0.25, -0.2) is 13.9 Å². The number of halogens is 1. The number of thioether (sulfide) groups is 1. The molecule has 0 saturated carbocycles. The van der Waals surface area contributed by atoms with Crippen LogP contribution in [-0.2, 0) is 21.9 Å². The number of nitrogens with one attached hydrogen (secondary N) is 1. The molecular weight excluding hydrogens is 503 g/mol. The van der Waals surface area contributed by atoms with Crippen LogP contribution in [0.3, 0.4) is 0 Å². The van der Waals surface area contributed by atoms with E-state index in [1.165, 1.54) is 30.5 Å². The van der Waals surface area contributed by atoms with Gasteiger partial charge in [0.05, 0.1) is 12.7 Å². The first kappa shape index (κ1) is 25.5. The molecule has 3 aromatic carbocycles. The summed E-state index contributed by atoms with van der Waals surface area (Å²) < 4.78 is 26.8. The summed E-state index contributed by atoms with van der Waals surface area (Å²) in [6.07, 6.45) is 0. The van der Waals surface area contributed by atoms with Crippen molar-refractivity contribution in [2.24, 2.45) is 0 Å². The molecule has 1 unspecified atom stereocenters. The number of anilines is 1. The second-order valence-corrected chi connectivity index (χ2v) is 9.89. The van der Waals surface area contributed by atoms with E-state index in [1.54, 1.807) is 22.9 Å². The molecule has 1 aliphatic rings. The standard InChI is InChI=1S/C29H27FN4O3S/c1-18-7-6-8-20(15-18)16-37-23-13-11-21(12-14-23)26-25(27(35)36-3)19(2)31-28-32-29(33-34(26)28)38-17-22-9-4-5-10-24(22)30/h4-15,26H,16-17H2,1-3H3,(H,31,32,33). The number of hydrogen-bond donors (Lipinski definition) is 1. The zero-order chi connectivity index (χ0) is 26.6. The van der Waals surface area contributed by atoms with Crippen LogP contribution >= 0.6 is 11.8 Å². The Labute approximate surface area is 224 Å². The van der Waals surface area contributed by atoms with Crippen LogP contribution in [-0.4, -0.2) is 27.8 Å². The van der Waals surface area contributed by atoms with Gasteiger partial charge in [0.15, 0.2) is 0 Å². The number of carbonyl (C=O) groups is 1. The Kier molecular flexibility index (Phi) is 7.46. The molecule has 7 nitrogen and oxygen atoms in total. The number of aryl methyl sites for hydroxylation is 1. The van der Waals surface area contributed by atoms with Gasteiger partial charge >= 0.3 is 5.97 Å². The molecule has 38 heavy (non-hydrogen) atoms. The van der Waals surface area contributed by atoms with Crippen molar-refractivity contribution < 1.29 is 18.7 Å². The molecule has 4 aromatic rings. The fourth-order valence-corrected chi connectivity index (χ4v) is 5.16. The average Bonchev–Trinajstić information content (AvgIpc) is 3.33. The molecule has 5 rings (SSSR count). The van der Waals surface area contributed by atoms with Crippen LogP contribution < -0.4 is 10.1 Å². The van der Waals surface area contributed by atoms with Crippen LogP contribution in [0, 0.1) is 12.7 Å². The van der Waals surface area contributed by atoms with Crippen LogP contribution in [0.5, 0.6) is 5.75 Å². The van der Waals surface area contributed by atoms with E-state index < -0.39 is 12.0 Å². The lowest BCUT2D eigenvalue weighted by atomic mass is 9.96. The third-order valence-electron chi connectivity index (χ3n) is 6.24. The molecule has 0 amide bonds. The molecule has 0 spiro atoms. The van der Waals surface area contributed by atoms with Crippen molar-refractivity contribution in [2.75, 3.05) is 12.4 Å². The number of esters is 1. The smallest absolute Gasteiger partial charge is 0.338 e. The van der Waals surface area contributed by atoms with E-state index >= 15 is 0 Å². The van der Waals surface area contributed by atoms with Gasteiger partial charge in [-0.1, -0.05) is 71.9 Å². The van der Waals surface area contributed by atoms with Gasteiger partial charge in [0, 0.05) is 11.4 Å². The van der Waals surface area contributed by atoms with Crippen LogP contribution in [0.1, 0.15) is 35.2 Å². The quantitative estimate of drug-likeness (QED) is 0.219. The van der Waals surface area contributed by atoms with E-state index in [0.29, 0.717) is 46.0 Å². The second-order valence-electron chi connectivity index (χ2n) is 8.95. The van der Waals surface area contributed by atoms with Gasteiger partial charge in [-0.05, 0) is 48.7 Å². The van der Waals surface area contributed by atoms with Crippen LogP contribution in [0.15, 0.2) is 89.2 Å². The summed E-state index contributed by atoms with van der Waals surface area (Å²) in [5.74, 6) is 0.862. The first-order valence-corrected chi connectivity index (χ1v) is 13.1. The van der Waals surface area contributed by atoms with Crippen LogP contribution in [0.25, 0.3) is 0 Å². The molecule has 1 atom stereocenters. The minimum absolute atomic E-state index is 0.268. The highest BCUT2D eigenvalue weighted by molar-refractivity contribution is 7.98. The zero-order valence-corrected chi connectivity index (χ0v) is 22.1. The van der Waals surface area contributed by atoms with E-state index in [2.05, 4.69) is 21.5 Å². The van der Waals surface area contributed by atoms with Gasteiger partial charge in [0.25, 0.3) is 0 Å². The van der Waals surface area contributed by atoms with Gasteiger partial charge in [-0.3, -0.25) is 0 Å². The van der Waals surface area contributed by atoms with E-state index in [9.17, 15) is 9.18 Å². The highest BCUT2D eigenvalue weighted by atomic mass is 32.2. The zero-order valence-electron chi connectivity index (χ0n) is 21.3. The van der Waals surface area contributed by atoms with E-state index in [1.807, 2.05) is 56.3 Å². The molecule has 1 aromatic heterocycles. The lowest BCUT2D eigenvalue weighted by molar-refractivity contribution is -0.136. The number of aromatic nitrogens is 3. The molecule has 0 bridgehead atoms. The van der Waals surface area contributed by atoms with Crippen molar-refractivity contribution in [1.29, 1.82) is 0 Å². The van der Waals surface area contributed by atoms with Crippen molar-refractivity contribution >= 4 is 23.7 Å². The van der Waals surface area contributed by atoms with E-state index in [0.717, 1.165) is 11.1 Å². The van der Waals surface area contributed by atoms with Crippen LogP contribution in [0.2, 0.25) is 0 Å². The van der Waals surface area contributed by atoms with Gasteiger partial charge in [-0.15, -0.1) is 5.10 Å². The Morgan fingerprint density at radius 3 is 2.61 bits per heavy atom. The molecule has 1 N–H and O–H groups in total. The maximum absolute atomic E-state index is 14.1. The molecule has 194 valence electrons. The number of allylic oxidation sites excluding steroid dienone is 1. The summed E-state index contributed by atoms with van der Waals surface area (Å²) >= 11 is 1.33. The predicted molar refractivity (Wildman–Crippen MR) is 144 cm³/mol. The van der Waals surface area contributed by atoms with Crippen molar-refractivity contribution in [3.05, 3.63) is 112 Å². The number of carbonyl (C=O) groups excluding carboxylic acids is 1. The monoisotopic (exact) mass is 530 g/mol. The Hall–Kier alpha value is -4.11. The Bertz CT molecular complexity index is 1500. The number of ether oxygens (including phenoxy) is 2. The van der Waals surface area contributed by atoms with Crippen molar-refractivity contribution in [3.8, 4) is 5.75 Å². The summed E-state index contributed by atoms with van der Waals surface area (Å²) in [6.45, 7) is 4.31. The van der Waals surface area contributed by atoms with Gasteiger partial charge in [0.1, 0.15) is 24.2 Å². The molecule has 0 fully saturated rings. The second kappa shape index (κ2) is 11.1. The lowest BCUT2D eigenvalue weighted by Gasteiger charge is -2.27. The predicted octanol–water partition coefficient (Wildman–Crippen LogP) is 6.06. The number of fused-ring (bicyclic) bond motifs is 1. The summed E-state index contributed by atoms with van der Waals surface area (Å²) in [6, 6.07) is 21.8. The fraction of sp³-hybridized carbons (Fsp3) is 0.207. The number of nitrogens with zero attached hydrogens (tertiary/aromatic N) is 3. The molecule has 0 radical (unpaired) electrons. The van der Waals surface area contributed by atoms with Crippen molar-refractivity contribution in [3.63, 3.8) is 0 Å². The van der Waals surface area contributed by atoms with Crippen molar-refractivity contribution in [2.45, 2.75) is 37.4 Å². The number of hydrogen-bond acceptors (Lipinski definition) is 7.